The Morgan fingerprint density at radius 3 is 2.06 bits per heavy atom. The standard InChI is InChI=1S/C9H11NO2.C5H10O/c1-4-7(6-11)8(5-2)9(12)10-3;6-5-3-1-2-4-5/h4-6H,1-2H2,3H3,(H,10,12);5-6H,1-4H2/b8-7-;. The fourth-order valence-electron chi connectivity index (χ4n) is 1.60. The Bertz CT molecular complexity index is 329. The Morgan fingerprint density at radius 2 is 1.83 bits per heavy atom. The average Bonchev–Trinajstić information content (AvgIpc) is 2.86. The van der Waals surface area contributed by atoms with Crippen molar-refractivity contribution < 1.29 is 14.7 Å². The van der Waals surface area contributed by atoms with E-state index in [0.29, 0.717) is 6.29 Å². The number of aliphatic hydroxyl groups is 1. The van der Waals surface area contributed by atoms with Gasteiger partial charge in [-0.05, 0) is 12.8 Å². The van der Waals surface area contributed by atoms with Crippen LogP contribution in [0.15, 0.2) is 36.5 Å². The highest BCUT2D eigenvalue weighted by atomic mass is 16.3. The van der Waals surface area contributed by atoms with E-state index in [1.54, 1.807) is 0 Å². The second-order valence-electron chi connectivity index (χ2n) is 3.91. The molecule has 0 heterocycles. The third kappa shape index (κ3) is 5.59. The maximum Gasteiger partial charge on any atom is 0.251 e. The lowest BCUT2D eigenvalue weighted by Crippen LogP contribution is -2.20. The number of allylic oxidation sites excluding steroid dienone is 2. The topological polar surface area (TPSA) is 66.4 Å². The second kappa shape index (κ2) is 9.36. The summed E-state index contributed by atoms with van der Waals surface area (Å²) in [5.41, 5.74) is 0.479. The number of amides is 1. The lowest BCUT2D eigenvalue weighted by Gasteiger charge is -2.00. The van der Waals surface area contributed by atoms with E-state index in [9.17, 15) is 9.59 Å². The predicted octanol–water partition coefficient (Wildman–Crippen LogP) is 1.52. The number of hydrogen-bond donors (Lipinski definition) is 2. The molecule has 0 saturated heterocycles. The minimum absolute atomic E-state index is 0.0463. The molecule has 0 bridgehead atoms. The maximum atomic E-state index is 11.1. The van der Waals surface area contributed by atoms with E-state index in [1.807, 2.05) is 0 Å². The molecule has 0 unspecified atom stereocenters. The average molecular weight is 251 g/mol. The molecule has 0 aromatic rings. The van der Waals surface area contributed by atoms with Crippen LogP contribution in [-0.4, -0.2) is 30.5 Å². The fraction of sp³-hybridized carbons (Fsp3) is 0.429. The number of carbonyl (C=O) groups excluding carboxylic acids is 2. The van der Waals surface area contributed by atoms with Crippen LogP contribution in [0.3, 0.4) is 0 Å². The number of rotatable bonds is 4. The molecular weight excluding hydrogens is 230 g/mol. The van der Waals surface area contributed by atoms with Crippen molar-refractivity contribution >= 4 is 12.2 Å². The van der Waals surface area contributed by atoms with Gasteiger partial charge in [0.05, 0.1) is 6.10 Å². The maximum absolute atomic E-state index is 11.1. The van der Waals surface area contributed by atoms with E-state index >= 15 is 0 Å². The van der Waals surface area contributed by atoms with Crippen molar-refractivity contribution in [2.24, 2.45) is 0 Å². The first kappa shape index (κ1) is 16.3. The van der Waals surface area contributed by atoms with Gasteiger partial charge in [-0.15, -0.1) is 0 Å². The molecule has 1 fully saturated rings. The van der Waals surface area contributed by atoms with E-state index in [-0.39, 0.29) is 23.2 Å². The molecule has 2 N–H and O–H groups in total. The zero-order chi connectivity index (χ0) is 14.0. The molecule has 0 aliphatic heterocycles. The van der Waals surface area contributed by atoms with E-state index in [1.165, 1.54) is 32.0 Å². The molecule has 1 aliphatic rings. The zero-order valence-corrected chi connectivity index (χ0v) is 10.8. The van der Waals surface area contributed by atoms with Gasteiger partial charge < -0.3 is 10.4 Å². The lowest BCUT2D eigenvalue weighted by molar-refractivity contribution is -0.117. The number of hydrogen-bond acceptors (Lipinski definition) is 3. The summed E-state index contributed by atoms with van der Waals surface area (Å²) >= 11 is 0. The van der Waals surface area contributed by atoms with Crippen molar-refractivity contribution in [3.63, 3.8) is 0 Å². The van der Waals surface area contributed by atoms with Crippen molar-refractivity contribution in [2.75, 3.05) is 7.05 Å². The molecule has 0 aromatic heterocycles. The van der Waals surface area contributed by atoms with Crippen LogP contribution >= 0.6 is 0 Å². The second-order valence-corrected chi connectivity index (χ2v) is 3.91. The van der Waals surface area contributed by atoms with Crippen LogP contribution < -0.4 is 5.32 Å². The van der Waals surface area contributed by atoms with Gasteiger partial charge in [0.1, 0.15) is 0 Å². The summed E-state index contributed by atoms with van der Waals surface area (Å²) in [7, 11) is 1.48. The van der Waals surface area contributed by atoms with Crippen LogP contribution in [0.5, 0.6) is 0 Å². The van der Waals surface area contributed by atoms with Gasteiger partial charge in [-0.2, -0.15) is 0 Å². The first-order valence-corrected chi connectivity index (χ1v) is 5.95. The number of aliphatic hydroxyl groups excluding tert-OH is 1. The predicted molar refractivity (Wildman–Crippen MR) is 72.0 cm³/mol. The quantitative estimate of drug-likeness (QED) is 0.452. The molecule has 0 atom stereocenters. The van der Waals surface area contributed by atoms with E-state index < -0.39 is 0 Å². The monoisotopic (exact) mass is 251 g/mol. The van der Waals surface area contributed by atoms with Gasteiger partial charge in [0.2, 0.25) is 0 Å². The van der Waals surface area contributed by atoms with E-state index in [0.717, 1.165) is 12.8 Å². The molecule has 4 nitrogen and oxygen atoms in total. The van der Waals surface area contributed by atoms with Gasteiger partial charge in [0, 0.05) is 18.2 Å². The van der Waals surface area contributed by atoms with Crippen LogP contribution in [0.1, 0.15) is 25.7 Å². The summed E-state index contributed by atoms with van der Waals surface area (Å²) in [4.78, 5) is 21.5. The highest BCUT2D eigenvalue weighted by Gasteiger charge is 2.09. The minimum Gasteiger partial charge on any atom is -0.393 e. The highest BCUT2D eigenvalue weighted by Crippen LogP contribution is 2.16. The fourth-order valence-corrected chi connectivity index (χ4v) is 1.60. The Labute approximate surface area is 108 Å². The smallest absolute Gasteiger partial charge is 0.251 e. The number of nitrogens with one attached hydrogen (secondary N) is 1. The third-order valence-corrected chi connectivity index (χ3v) is 2.66. The van der Waals surface area contributed by atoms with Gasteiger partial charge >= 0.3 is 0 Å². The van der Waals surface area contributed by atoms with Crippen molar-refractivity contribution in [1.29, 1.82) is 0 Å². The molecule has 0 radical (unpaired) electrons. The molecule has 0 aromatic carbocycles. The van der Waals surface area contributed by atoms with Crippen LogP contribution in [0.25, 0.3) is 0 Å². The SMILES string of the molecule is C=C/C(C=O)=C(\C=C)C(=O)NC.OC1CCCC1. The Hall–Kier alpha value is -1.68. The summed E-state index contributed by atoms with van der Waals surface area (Å²) in [6.07, 6.45) is 7.82. The molecule has 0 spiro atoms. The summed E-state index contributed by atoms with van der Waals surface area (Å²) < 4.78 is 0. The number of carbonyl (C=O) groups is 2. The van der Waals surface area contributed by atoms with Crippen LogP contribution in [0.4, 0.5) is 0 Å². The van der Waals surface area contributed by atoms with E-state index in [4.69, 9.17) is 5.11 Å². The Morgan fingerprint density at radius 1 is 1.28 bits per heavy atom. The highest BCUT2D eigenvalue weighted by molar-refractivity contribution is 6.02. The van der Waals surface area contributed by atoms with Gasteiger partial charge in [-0.1, -0.05) is 38.2 Å². The number of likely N-dealkylation sites (N-methyl/N-ethyl adjacent to an activating group) is 1. The van der Waals surface area contributed by atoms with Crippen molar-refractivity contribution in [1.82, 2.24) is 5.32 Å². The van der Waals surface area contributed by atoms with Gasteiger partial charge in [0.25, 0.3) is 5.91 Å². The summed E-state index contributed by atoms with van der Waals surface area (Å²) in [5.74, 6) is -0.341. The summed E-state index contributed by atoms with van der Waals surface area (Å²) in [6, 6.07) is 0. The molecule has 1 amide bonds. The number of aldehydes is 1. The van der Waals surface area contributed by atoms with Crippen molar-refractivity contribution in [2.45, 2.75) is 31.8 Å². The molecule has 100 valence electrons. The van der Waals surface area contributed by atoms with Crippen molar-refractivity contribution in [3.05, 3.63) is 36.5 Å². The van der Waals surface area contributed by atoms with Crippen molar-refractivity contribution in [3.8, 4) is 0 Å². The van der Waals surface area contributed by atoms with E-state index in [2.05, 4.69) is 18.5 Å². The summed E-state index contributed by atoms with van der Waals surface area (Å²) in [6.45, 7) is 6.82. The van der Waals surface area contributed by atoms with Crippen LogP contribution in [0, 0.1) is 0 Å². The molecule has 1 saturated carbocycles. The van der Waals surface area contributed by atoms with Crippen LogP contribution in [-0.2, 0) is 9.59 Å². The minimum atomic E-state index is -0.341. The Balaban J connectivity index is 0.000000397. The van der Waals surface area contributed by atoms with Gasteiger partial charge in [-0.25, -0.2) is 0 Å². The van der Waals surface area contributed by atoms with Gasteiger partial charge in [-0.3, -0.25) is 9.59 Å². The Kier molecular flexibility index (Phi) is 8.49. The first-order valence-electron chi connectivity index (χ1n) is 5.95. The largest absolute Gasteiger partial charge is 0.393 e. The first-order chi connectivity index (χ1) is 8.60. The normalized spacial score (nSPS) is 15.9. The molecular formula is C14H21NO3. The zero-order valence-electron chi connectivity index (χ0n) is 10.8. The molecule has 18 heavy (non-hydrogen) atoms. The molecule has 1 aliphatic carbocycles. The van der Waals surface area contributed by atoms with Gasteiger partial charge in [0.15, 0.2) is 6.29 Å². The molecule has 1 rings (SSSR count). The lowest BCUT2D eigenvalue weighted by atomic mass is 10.1. The third-order valence-electron chi connectivity index (χ3n) is 2.66. The molecule has 4 heteroatoms. The van der Waals surface area contributed by atoms with Crippen LogP contribution in [0.2, 0.25) is 0 Å². The summed E-state index contributed by atoms with van der Waals surface area (Å²) in [5, 5.41) is 11.1.